The van der Waals surface area contributed by atoms with Gasteiger partial charge < -0.3 is 15.1 Å². The van der Waals surface area contributed by atoms with E-state index in [1.807, 2.05) is 4.90 Å². The lowest BCUT2D eigenvalue weighted by molar-refractivity contribution is 0.140. The molecular formula is C15H22Cl2N4O. The van der Waals surface area contributed by atoms with E-state index in [1.165, 1.54) is 0 Å². The lowest BCUT2D eigenvalue weighted by Crippen LogP contribution is -2.51. The number of hydrogen-bond acceptors (Lipinski definition) is 3. The molecule has 1 aliphatic rings. The van der Waals surface area contributed by atoms with Crippen LogP contribution in [0.15, 0.2) is 18.2 Å². The minimum absolute atomic E-state index is 0.128. The van der Waals surface area contributed by atoms with Crippen LogP contribution in [0, 0.1) is 0 Å². The number of likely N-dealkylation sites (N-methyl/N-ethyl adjacent to an activating group) is 1. The van der Waals surface area contributed by atoms with Crippen LogP contribution in [0.25, 0.3) is 0 Å². The van der Waals surface area contributed by atoms with E-state index in [0.717, 1.165) is 39.3 Å². The van der Waals surface area contributed by atoms with Crippen molar-refractivity contribution in [2.45, 2.75) is 0 Å². The van der Waals surface area contributed by atoms with Crippen LogP contribution in [0.2, 0.25) is 10.0 Å². The highest BCUT2D eigenvalue weighted by Crippen LogP contribution is 2.29. The molecule has 0 atom stereocenters. The monoisotopic (exact) mass is 344 g/mol. The lowest BCUT2D eigenvalue weighted by atomic mass is 10.3. The first-order chi connectivity index (χ1) is 10.5. The summed E-state index contributed by atoms with van der Waals surface area (Å²) in [6, 6.07) is 5.09. The van der Waals surface area contributed by atoms with Crippen LogP contribution in [0.1, 0.15) is 0 Å². The number of halogens is 2. The zero-order chi connectivity index (χ0) is 16.1. The van der Waals surface area contributed by atoms with E-state index in [2.05, 4.69) is 29.2 Å². The Labute approximate surface area is 141 Å². The molecule has 1 aromatic carbocycles. The Morgan fingerprint density at radius 3 is 2.55 bits per heavy atom. The molecule has 1 heterocycles. The average molecular weight is 345 g/mol. The molecule has 2 rings (SSSR count). The fraction of sp³-hybridized carbons (Fsp3) is 0.533. The van der Waals surface area contributed by atoms with Crippen molar-refractivity contribution < 1.29 is 4.79 Å². The van der Waals surface area contributed by atoms with Gasteiger partial charge in [0.05, 0.1) is 15.7 Å². The fourth-order valence-electron chi connectivity index (χ4n) is 2.31. The molecule has 0 bridgehead atoms. The summed E-state index contributed by atoms with van der Waals surface area (Å²) in [6.07, 6.45) is 0. The summed E-state index contributed by atoms with van der Waals surface area (Å²) in [5.41, 5.74) is 0.550. The van der Waals surface area contributed by atoms with Gasteiger partial charge in [-0.1, -0.05) is 29.3 Å². The third-order valence-corrected chi connectivity index (χ3v) is 4.54. The molecule has 2 amide bonds. The highest BCUT2D eigenvalue weighted by atomic mass is 35.5. The van der Waals surface area contributed by atoms with Gasteiger partial charge in [-0.15, -0.1) is 0 Å². The Morgan fingerprint density at radius 1 is 1.23 bits per heavy atom. The summed E-state index contributed by atoms with van der Waals surface area (Å²) in [5.74, 6) is 0. The van der Waals surface area contributed by atoms with E-state index < -0.39 is 0 Å². The smallest absolute Gasteiger partial charge is 0.321 e. The van der Waals surface area contributed by atoms with Gasteiger partial charge in [0.2, 0.25) is 0 Å². The number of benzene rings is 1. The molecule has 1 fully saturated rings. The van der Waals surface area contributed by atoms with Crippen molar-refractivity contribution in [1.29, 1.82) is 0 Å². The van der Waals surface area contributed by atoms with Crippen molar-refractivity contribution in [3.8, 4) is 0 Å². The van der Waals surface area contributed by atoms with Crippen molar-refractivity contribution >= 4 is 34.9 Å². The van der Waals surface area contributed by atoms with Crippen molar-refractivity contribution in [2.75, 3.05) is 58.7 Å². The Hall–Kier alpha value is -1.01. The molecule has 1 saturated heterocycles. The molecule has 0 unspecified atom stereocenters. The third-order valence-electron chi connectivity index (χ3n) is 3.72. The summed E-state index contributed by atoms with van der Waals surface area (Å²) in [7, 11) is 4.14. The highest BCUT2D eigenvalue weighted by molar-refractivity contribution is 6.43. The number of rotatable bonds is 4. The van der Waals surface area contributed by atoms with E-state index in [4.69, 9.17) is 23.2 Å². The summed E-state index contributed by atoms with van der Waals surface area (Å²) in [5, 5.41) is 3.64. The highest BCUT2D eigenvalue weighted by Gasteiger charge is 2.21. The van der Waals surface area contributed by atoms with Crippen LogP contribution in [-0.2, 0) is 0 Å². The van der Waals surface area contributed by atoms with Gasteiger partial charge in [-0.25, -0.2) is 4.79 Å². The molecule has 1 aromatic rings. The van der Waals surface area contributed by atoms with Crippen LogP contribution < -0.4 is 5.32 Å². The molecule has 0 radical (unpaired) electrons. The molecule has 7 heteroatoms. The Kier molecular flexibility index (Phi) is 6.32. The molecule has 122 valence electrons. The number of nitrogens with one attached hydrogen (secondary N) is 1. The van der Waals surface area contributed by atoms with Crippen molar-refractivity contribution in [3.05, 3.63) is 28.2 Å². The number of hydrogen-bond donors (Lipinski definition) is 1. The van der Waals surface area contributed by atoms with Gasteiger partial charge in [0.25, 0.3) is 0 Å². The Morgan fingerprint density at radius 2 is 1.91 bits per heavy atom. The maximum Gasteiger partial charge on any atom is 0.321 e. The van der Waals surface area contributed by atoms with Crippen LogP contribution >= 0.6 is 23.2 Å². The molecule has 1 N–H and O–H groups in total. The fourth-order valence-corrected chi connectivity index (χ4v) is 2.66. The summed E-state index contributed by atoms with van der Waals surface area (Å²) in [4.78, 5) is 18.6. The number of nitrogens with zero attached hydrogens (tertiary/aromatic N) is 3. The molecule has 0 aliphatic carbocycles. The first-order valence-electron chi connectivity index (χ1n) is 7.34. The topological polar surface area (TPSA) is 38.8 Å². The zero-order valence-electron chi connectivity index (χ0n) is 13.0. The van der Waals surface area contributed by atoms with E-state index in [0.29, 0.717) is 15.7 Å². The molecular weight excluding hydrogens is 323 g/mol. The second kappa shape index (κ2) is 8.02. The van der Waals surface area contributed by atoms with Crippen molar-refractivity contribution in [3.63, 3.8) is 0 Å². The molecule has 1 aliphatic heterocycles. The number of carbonyl (C=O) groups excluding carboxylic acids is 1. The number of amides is 2. The maximum absolute atomic E-state index is 12.3. The number of piperazine rings is 1. The summed E-state index contributed by atoms with van der Waals surface area (Å²) < 4.78 is 0. The number of urea groups is 1. The van der Waals surface area contributed by atoms with Crippen LogP contribution in [0.5, 0.6) is 0 Å². The predicted molar refractivity (Wildman–Crippen MR) is 92.0 cm³/mol. The van der Waals surface area contributed by atoms with Crippen LogP contribution in [-0.4, -0.2) is 74.1 Å². The van der Waals surface area contributed by atoms with E-state index in [9.17, 15) is 4.79 Å². The minimum Gasteiger partial charge on any atom is -0.322 e. The minimum atomic E-state index is -0.128. The Balaban J connectivity index is 1.84. The maximum atomic E-state index is 12.3. The van der Waals surface area contributed by atoms with E-state index >= 15 is 0 Å². The van der Waals surface area contributed by atoms with Crippen molar-refractivity contribution in [1.82, 2.24) is 14.7 Å². The standard InChI is InChI=1S/C15H22Cl2N4O/c1-19(2)6-7-20-8-10-21(11-9-20)15(22)18-13-5-3-4-12(16)14(13)17/h3-5H,6-11H2,1-2H3,(H,18,22). The predicted octanol–water partition coefficient (Wildman–Crippen LogP) is 2.70. The molecule has 22 heavy (non-hydrogen) atoms. The molecule has 0 spiro atoms. The second-order valence-corrected chi connectivity index (χ2v) is 6.45. The van der Waals surface area contributed by atoms with E-state index in [-0.39, 0.29) is 6.03 Å². The second-order valence-electron chi connectivity index (χ2n) is 5.66. The van der Waals surface area contributed by atoms with Crippen molar-refractivity contribution in [2.24, 2.45) is 0 Å². The average Bonchev–Trinajstić information content (AvgIpc) is 2.50. The molecule has 5 nitrogen and oxygen atoms in total. The lowest BCUT2D eigenvalue weighted by Gasteiger charge is -2.35. The van der Waals surface area contributed by atoms with Gasteiger partial charge >= 0.3 is 6.03 Å². The Bertz CT molecular complexity index is 516. The first-order valence-corrected chi connectivity index (χ1v) is 8.10. The normalized spacial score (nSPS) is 16.1. The largest absolute Gasteiger partial charge is 0.322 e. The first kappa shape index (κ1) is 17.3. The van der Waals surface area contributed by atoms with Gasteiger partial charge in [-0.2, -0.15) is 0 Å². The number of anilines is 1. The third kappa shape index (κ3) is 4.74. The molecule has 0 saturated carbocycles. The van der Waals surface area contributed by atoms with Gasteiger partial charge in [0.1, 0.15) is 0 Å². The number of carbonyl (C=O) groups is 1. The van der Waals surface area contributed by atoms with Crippen LogP contribution in [0.3, 0.4) is 0 Å². The van der Waals surface area contributed by atoms with Gasteiger partial charge in [0.15, 0.2) is 0 Å². The SMILES string of the molecule is CN(C)CCN1CCN(C(=O)Nc2cccc(Cl)c2Cl)CC1. The van der Waals surface area contributed by atoms with Gasteiger partial charge in [-0.3, -0.25) is 4.90 Å². The van der Waals surface area contributed by atoms with Gasteiger partial charge in [-0.05, 0) is 26.2 Å². The molecule has 0 aromatic heterocycles. The van der Waals surface area contributed by atoms with Crippen LogP contribution in [0.4, 0.5) is 10.5 Å². The van der Waals surface area contributed by atoms with Gasteiger partial charge in [0, 0.05) is 39.3 Å². The zero-order valence-corrected chi connectivity index (χ0v) is 14.5. The summed E-state index contributed by atoms with van der Waals surface area (Å²) >= 11 is 12.0. The van der Waals surface area contributed by atoms with E-state index in [1.54, 1.807) is 18.2 Å². The summed E-state index contributed by atoms with van der Waals surface area (Å²) in [6.45, 7) is 5.29. The quantitative estimate of drug-likeness (QED) is 0.912.